The summed E-state index contributed by atoms with van der Waals surface area (Å²) < 4.78 is 22.0. The smallest absolute Gasteiger partial charge is 0.326 e. The maximum atomic E-state index is 12.4. The molecule has 0 aliphatic heterocycles. The van der Waals surface area contributed by atoms with Crippen molar-refractivity contribution >= 4 is 25.0 Å². The zero-order valence-electron chi connectivity index (χ0n) is 15.5. The Kier molecular flexibility index (Phi) is 9.04. The predicted molar refractivity (Wildman–Crippen MR) is 99.4 cm³/mol. The number of anilines is 1. The fourth-order valence-electron chi connectivity index (χ4n) is 2.40. The quantitative estimate of drug-likeness (QED) is 0.351. The summed E-state index contributed by atoms with van der Waals surface area (Å²) in [5.41, 5.74) is 2.08. The van der Waals surface area contributed by atoms with E-state index in [9.17, 15) is 14.2 Å². The lowest BCUT2D eigenvalue weighted by Crippen LogP contribution is -2.11. The highest BCUT2D eigenvalue weighted by Crippen LogP contribution is 2.43. The van der Waals surface area contributed by atoms with Gasteiger partial charge in [-0.25, -0.2) is 0 Å². The van der Waals surface area contributed by atoms with E-state index in [2.05, 4.69) is 5.32 Å². The second-order valence-corrected chi connectivity index (χ2v) is 8.05. The zero-order valence-corrected chi connectivity index (χ0v) is 16.4. The summed E-state index contributed by atoms with van der Waals surface area (Å²) in [5.74, 6) is -0.199. The van der Waals surface area contributed by atoms with Gasteiger partial charge in [0.25, 0.3) is 0 Å². The van der Waals surface area contributed by atoms with Gasteiger partial charge in [-0.3, -0.25) is 14.2 Å². The molecule has 0 heterocycles. The zero-order chi connectivity index (χ0) is 18.9. The molecule has 0 spiro atoms. The van der Waals surface area contributed by atoms with Crippen LogP contribution in [-0.2, 0) is 18.4 Å². The van der Waals surface area contributed by atoms with Crippen molar-refractivity contribution in [1.82, 2.24) is 0 Å². The van der Waals surface area contributed by atoms with Crippen LogP contribution >= 0.6 is 7.60 Å². The molecule has 0 fully saturated rings. The van der Waals surface area contributed by atoms with Gasteiger partial charge in [-0.1, -0.05) is 12.5 Å². The second-order valence-electron chi connectivity index (χ2n) is 5.99. The lowest BCUT2D eigenvalue weighted by molar-refractivity contribution is -0.114. The Morgan fingerprint density at radius 3 is 2.52 bits per heavy atom. The summed E-state index contributed by atoms with van der Waals surface area (Å²) in [6, 6.07) is 5.41. The van der Waals surface area contributed by atoms with E-state index >= 15 is 0 Å². The van der Waals surface area contributed by atoms with Gasteiger partial charge >= 0.3 is 7.60 Å². The Balaban J connectivity index is 2.42. The first kappa shape index (κ1) is 21.6. The average Bonchev–Trinajstić information content (AvgIpc) is 2.50. The molecule has 140 valence electrons. The van der Waals surface area contributed by atoms with E-state index in [0.29, 0.717) is 43.7 Å². The van der Waals surface area contributed by atoms with Gasteiger partial charge in [0, 0.05) is 25.6 Å². The van der Waals surface area contributed by atoms with Crippen LogP contribution in [0.5, 0.6) is 0 Å². The highest BCUT2D eigenvalue weighted by molar-refractivity contribution is 7.52. The molecular weight excluding hydrogens is 341 g/mol. The third kappa shape index (κ3) is 8.43. The molecule has 1 aromatic carbocycles. The number of aryl methyl sites for hydroxylation is 1. The van der Waals surface area contributed by atoms with E-state index in [1.54, 1.807) is 19.1 Å². The summed E-state index contributed by atoms with van der Waals surface area (Å²) in [4.78, 5) is 23.7. The normalized spacial score (nSPS) is 13.3. The van der Waals surface area contributed by atoms with Crippen LogP contribution in [0.4, 0.5) is 5.69 Å². The van der Waals surface area contributed by atoms with Gasteiger partial charge in [-0.05, 0) is 44.4 Å². The molecule has 1 rings (SSSR count). The van der Waals surface area contributed by atoms with Crippen molar-refractivity contribution in [3.05, 3.63) is 29.3 Å². The highest BCUT2D eigenvalue weighted by Gasteiger charge is 2.15. The molecule has 1 N–H and O–H groups in total. The SMILES string of the molecule is CCOP(C)(=O)OCCCCCC(=O)c1ccc(C)cc1NC(C)=O. The van der Waals surface area contributed by atoms with Crippen LogP contribution in [0.1, 0.15) is 55.5 Å². The molecule has 1 atom stereocenters. The molecule has 0 aromatic heterocycles. The Bertz CT molecular complexity index is 644. The van der Waals surface area contributed by atoms with Crippen LogP contribution in [0.2, 0.25) is 0 Å². The van der Waals surface area contributed by atoms with Crippen molar-refractivity contribution in [2.24, 2.45) is 0 Å². The standard InChI is InChI=1S/C18H28NO5P/c1-5-23-25(4,22)24-12-8-6-7-9-18(21)16-11-10-14(2)13-17(16)19-15(3)20/h10-11,13H,5-9,12H2,1-4H3,(H,19,20). The number of unbranched alkanes of at least 4 members (excludes halogenated alkanes) is 2. The monoisotopic (exact) mass is 369 g/mol. The van der Waals surface area contributed by atoms with Crippen molar-refractivity contribution in [3.63, 3.8) is 0 Å². The summed E-state index contributed by atoms with van der Waals surface area (Å²) in [5, 5.41) is 2.71. The Labute approximate surface area is 149 Å². The minimum Gasteiger partial charge on any atom is -0.326 e. The fraction of sp³-hybridized carbons (Fsp3) is 0.556. The van der Waals surface area contributed by atoms with Crippen molar-refractivity contribution in [2.45, 2.75) is 46.5 Å². The maximum absolute atomic E-state index is 12.4. The molecule has 1 unspecified atom stereocenters. The van der Waals surface area contributed by atoms with Crippen LogP contribution in [-0.4, -0.2) is 31.6 Å². The molecule has 0 aliphatic carbocycles. The number of hydrogen-bond donors (Lipinski definition) is 1. The summed E-state index contributed by atoms with van der Waals surface area (Å²) in [7, 11) is -2.94. The third-order valence-corrected chi connectivity index (χ3v) is 4.90. The summed E-state index contributed by atoms with van der Waals surface area (Å²) >= 11 is 0. The van der Waals surface area contributed by atoms with E-state index in [-0.39, 0.29) is 11.7 Å². The summed E-state index contributed by atoms with van der Waals surface area (Å²) in [6.45, 7) is 7.27. The van der Waals surface area contributed by atoms with Gasteiger partial charge in [0.2, 0.25) is 5.91 Å². The van der Waals surface area contributed by atoms with Crippen molar-refractivity contribution < 1.29 is 23.2 Å². The molecular formula is C18H28NO5P. The highest BCUT2D eigenvalue weighted by atomic mass is 31.2. The van der Waals surface area contributed by atoms with Gasteiger partial charge in [0.15, 0.2) is 5.78 Å². The lowest BCUT2D eigenvalue weighted by Gasteiger charge is -2.13. The van der Waals surface area contributed by atoms with Crippen molar-refractivity contribution in [2.75, 3.05) is 25.2 Å². The third-order valence-electron chi connectivity index (χ3n) is 3.52. The topological polar surface area (TPSA) is 81.7 Å². The molecule has 0 aliphatic rings. The van der Waals surface area contributed by atoms with Gasteiger partial charge < -0.3 is 14.4 Å². The Hall–Kier alpha value is -1.49. The first-order valence-electron chi connectivity index (χ1n) is 8.53. The number of Topliss-reactive ketones (excluding diaryl/α,β-unsaturated/α-hetero) is 1. The predicted octanol–water partition coefficient (Wildman–Crippen LogP) is 4.57. The van der Waals surface area contributed by atoms with E-state index in [0.717, 1.165) is 12.0 Å². The molecule has 0 saturated heterocycles. The van der Waals surface area contributed by atoms with Crippen LogP contribution in [0.3, 0.4) is 0 Å². The number of rotatable bonds is 11. The molecule has 0 radical (unpaired) electrons. The van der Waals surface area contributed by atoms with Crippen LogP contribution in [0, 0.1) is 6.92 Å². The number of ketones is 1. The van der Waals surface area contributed by atoms with Gasteiger partial charge in [-0.2, -0.15) is 0 Å². The van der Waals surface area contributed by atoms with Crippen LogP contribution in [0.15, 0.2) is 18.2 Å². The molecule has 25 heavy (non-hydrogen) atoms. The number of carbonyl (C=O) groups excluding carboxylic acids is 2. The van der Waals surface area contributed by atoms with Gasteiger partial charge in [-0.15, -0.1) is 0 Å². The molecule has 6 nitrogen and oxygen atoms in total. The molecule has 0 bridgehead atoms. The van der Waals surface area contributed by atoms with Gasteiger partial charge in [0.1, 0.15) is 0 Å². The Morgan fingerprint density at radius 1 is 1.16 bits per heavy atom. The fourth-order valence-corrected chi connectivity index (χ4v) is 3.40. The van der Waals surface area contributed by atoms with E-state index < -0.39 is 7.60 Å². The first-order valence-corrected chi connectivity index (χ1v) is 10.5. The van der Waals surface area contributed by atoms with E-state index in [1.807, 2.05) is 13.0 Å². The maximum Gasteiger partial charge on any atom is 0.327 e. The van der Waals surface area contributed by atoms with Gasteiger partial charge in [0.05, 0.1) is 18.9 Å². The molecule has 1 amide bonds. The number of benzene rings is 1. The minimum atomic E-state index is -2.94. The van der Waals surface area contributed by atoms with E-state index in [1.165, 1.54) is 13.6 Å². The molecule has 0 saturated carbocycles. The number of amides is 1. The second kappa shape index (κ2) is 10.5. The number of nitrogens with one attached hydrogen (secondary N) is 1. The van der Waals surface area contributed by atoms with Crippen molar-refractivity contribution in [3.8, 4) is 0 Å². The number of hydrogen-bond acceptors (Lipinski definition) is 5. The number of carbonyl (C=O) groups is 2. The molecule has 1 aromatic rings. The van der Waals surface area contributed by atoms with E-state index in [4.69, 9.17) is 9.05 Å². The first-order chi connectivity index (χ1) is 11.7. The van der Waals surface area contributed by atoms with Crippen LogP contribution < -0.4 is 5.32 Å². The molecule has 7 heteroatoms. The lowest BCUT2D eigenvalue weighted by atomic mass is 10.0. The Morgan fingerprint density at radius 2 is 1.88 bits per heavy atom. The largest absolute Gasteiger partial charge is 0.327 e. The summed E-state index contributed by atoms with van der Waals surface area (Å²) in [6.07, 6.45) is 2.60. The average molecular weight is 369 g/mol. The minimum absolute atomic E-state index is 0.000137. The van der Waals surface area contributed by atoms with Crippen LogP contribution in [0.25, 0.3) is 0 Å². The van der Waals surface area contributed by atoms with Crippen molar-refractivity contribution in [1.29, 1.82) is 0 Å².